The van der Waals surface area contributed by atoms with Crippen molar-refractivity contribution in [3.63, 3.8) is 0 Å². The van der Waals surface area contributed by atoms with Gasteiger partial charge in [-0.3, -0.25) is 9.59 Å². The van der Waals surface area contributed by atoms with Gasteiger partial charge in [0.2, 0.25) is 0 Å². The number of fused-ring (bicyclic) bond motifs is 6. The average Bonchev–Trinajstić information content (AvgIpc) is 3.31. The molecule has 0 aromatic heterocycles. The summed E-state index contributed by atoms with van der Waals surface area (Å²) in [5.41, 5.74) is 0.574. The van der Waals surface area contributed by atoms with Gasteiger partial charge in [0.15, 0.2) is 6.10 Å². The Kier molecular flexibility index (Phi) is 2.97. The van der Waals surface area contributed by atoms with Crippen LogP contribution in [0.2, 0.25) is 0 Å². The summed E-state index contributed by atoms with van der Waals surface area (Å²) >= 11 is 0. The number of aliphatic hydroxyl groups excluding tert-OH is 1. The summed E-state index contributed by atoms with van der Waals surface area (Å²) in [5, 5.41) is 11.0. The lowest BCUT2D eigenvalue weighted by molar-refractivity contribution is -0.163. The first kappa shape index (κ1) is 16.9. The lowest BCUT2D eigenvalue weighted by Gasteiger charge is -2.54. The van der Waals surface area contributed by atoms with Gasteiger partial charge in [0.25, 0.3) is 5.91 Å². The summed E-state index contributed by atoms with van der Waals surface area (Å²) in [6, 6.07) is 7.47. The van der Waals surface area contributed by atoms with Crippen molar-refractivity contribution >= 4 is 17.4 Å². The third-order valence-electron chi connectivity index (χ3n) is 8.66. The van der Waals surface area contributed by atoms with Gasteiger partial charge in [-0.25, -0.2) is 0 Å². The second-order valence-corrected chi connectivity index (χ2v) is 9.74. The predicted octanol–water partition coefficient (Wildman–Crippen LogP) is 0.0912. The van der Waals surface area contributed by atoms with E-state index in [4.69, 9.17) is 9.47 Å². The van der Waals surface area contributed by atoms with Crippen LogP contribution in [0.25, 0.3) is 0 Å². The molecular weight excluding hydrogens is 372 g/mol. The number of carbonyl (C=O) groups is 2. The molecule has 8 rings (SSSR count). The van der Waals surface area contributed by atoms with E-state index in [0.717, 1.165) is 24.3 Å². The summed E-state index contributed by atoms with van der Waals surface area (Å²) in [6.07, 6.45) is -0.760. The Hall–Kier alpha value is -1.80. The Balaban J connectivity index is 1.54. The minimum absolute atomic E-state index is 0.0502. The Bertz CT molecular complexity index is 966. The van der Waals surface area contributed by atoms with Gasteiger partial charge in [-0.2, -0.15) is 0 Å². The van der Waals surface area contributed by atoms with E-state index in [2.05, 4.69) is 11.9 Å². The Labute approximate surface area is 168 Å². The molecule has 0 unspecified atom stereocenters. The van der Waals surface area contributed by atoms with Gasteiger partial charge in [0.1, 0.15) is 17.5 Å². The standard InChI is InChI=1S/C22H24N2O5/c1-23-7-6-21-11-4-2-3-5-13(11)24-19(21)16-12(8-14(21)25)22(10-23)15(29-22)9-28-18(16)17(26)20(24)27/h2-5,12,15-19,26H,6-10H2,1H3/t12-,15-,16+,17+,18-,19+,21+,22+/m1/s1. The molecule has 6 heterocycles. The molecule has 1 amide bonds. The monoisotopic (exact) mass is 396 g/mol. The zero-order chi connectivity index (χ0) is 19.7. The fourth-order valence-electron chi connectivity index (χ4n) is 7.48. The zero-order valence-electron chi connectivity index (χ0n) is 16.3. The first-order valence-corrected chi connectivity index (χ1v) is 10.6. The third-order valence-corrected chi connectivity index (χ3v) is 8.66. The number of para-hydroxylation sites is 1. The Morgan fingerprint density at radius 2 is 2.07 bits per heavy atom. The molecule has 0 radical (unpaired) electrons. The molecule has 4 bridgehead atoms. The third kappa shape index (κ3) is 1.73. The summed E-state index contributed by atoms with van der Waals surface area (Å²) in [6.45, 7) is 1.90. The highest BCUT2D eigenvalue weighted by Crippen LogP contribution is 2.64. The highest BCUT2D eigenvalue weighted by Gasteiger charge is 2.76. The van der Waals surface area contributed by atoms with E-state index >= 15 is 0 Å². The fraction of sp³-hybridized carbons (Fsp3) is 0.636. The first-order valence-electron chi connectivity index (χ1n) is 10.6. The number of piperidine rings is 1. The topological polar surface area (TPSA) is 82.6 Å². The average molecular weight is 396 g/mol. The lowest BCUT2D eigenvalue weighted by atomic mass is 9.54. The number of hydrogen-bond acceptors (Lipinski definition) is 6. The van der Waals surface area contributed by atoms with Crippen LogP contribution in [0, 0.1) is 11.8 Å². The summed E-state index contributed by atoms with van der Waals surface area (Å²) in [7, 11) is 2.09. The number of nitrogens with zero attached hydrogens (tertiary/aromatic N) is 2. The molecule has 152 valence electrons. The number of epoxide rings is 1. The maximum absolute atomic E-state index is 13.9. The van der Waals surface area contributed by atoms with Crippen molar-refractivity contribution in [2.45, 2.75) is 48.2 Å². The SMILES string of the molecule is CN1CC[C@@]23C(=O)C[C@@H]4[C@H]5[C@@H](OC[C@H]6O[C@@]46C1)[C@H](O)C(=O)N(c1ccccc12)[C@@H]53. The van der Waals surface area contributed by atoms with Crippen molar-refractivity contribution in [3.05, 3.63) is 29.8 Å². The number of carbonyl (C=O) groups excluding carboxylic acids is 2. The second kappa shape index (κ2) is 5.09. The highest BCUT2D eigenvalue weighted by atomic mass is 16.6. The summed E-state index contributed by atoms with van der Waals surface area (Å²) in [5.74, 6) is -0.290. The molecule has 1 aromatic carbocycles. The number of rotatable bonds is 0. The van der Waals surface area contributed by atoms with Crippen LogP contribution in [0.5, 0.6) is 0 Å². The molecular formula is C22H24N2O5. The van der Waals surface area contributed by atoms with E-state index in [-0.39, 0.29) is 35.7 Å². The summed E-state index contributed by atoms with van der Waals surface area (Å²) in [4.78, 5) is 31.3. The number of likely N-dealkylation sites (N-methyl/N-ethyl adjacent to an activating group) is 1. The molecule has 7 heteroatoms. The molecule has 6 fully saturated rings. The summed E-state index contributed by atoms with van der Waals surface area (Å²) < 4.78 is 12.4. The second-order valence-electron chi connectivity index (χ2n) is 9.74. The first-order chi connectivity index (χ1) is 14.0. The number of aliphatic hydroxyl groups is 1. The number of ketones is 1. The maximum Gasteiger partial charge on any atom is 0.258 e. The van der Waals surface area contributed by atoms with Gasteiger partial charge in [0, 0.05) is 30.5 Å². The van der Waals surface area contributed by atoms with Crippen LogP contribution in [0.1, 0.15) is 18.4 Å². The molecule has 29 heavy (non-hydrogen) atoms. The van der Waals surface area contributed by atoms with Crippen LogP contribution >= 0.6 is 0 Å². The van der Waals surface area contributed by atoms with Crippen LogP contribution in [-0.2, 0) is 24.5 Å². The van der Waals surface area contributed by atoms with E-state index < -0.39 is 23.2 Å². The smallest absolute Gasteiger partial charge is 0.258 e. The number of amides is 1. The molecule has 5 saturated heterocycles. The van der Waals surface area contributed by atoms with Crippen molar-refractivity contribution in [3.8, 4) is 0 Å². The molecule has 1 saturated carbocycles. The normalized spacial score (nSPS) is 49.7. The van der Waals surface area contributed by atoms with Crippen molar-refractivity contribution < 1.29 is 24.2 Å². The van der Waals surface area contributed by atoms with Gasteiger partial charge >= 0.3 is 0 Å². The van der Waals surface area contributed by atoms with Crippen LogP contribution in [0.4, 0.5) is 5.69 Å². The number of benzene rings is 1. The largest absolute Gasteiger partial charge is 0.380 e. The van der Waals surface area contributed by atoms with Crippen LogP contribution < -0.4 is 4.90 Å². The minimum atomic E-state index is -1.20. The number of hydrogen-bond donors (Lipinski definition) is 1. The van der Waals surface area contributed by atoms with E-state index in [1.54, 1.807) is 4.90 Å². The molecule has 7 aliphatic rings. The van der Waals surface area contributed by atoms with E-state index in [0.29, 0.717) is 19.4 Å². The zero-order valence-corrected chi connectivity index (χ0v) is 16.3. The van der Waals surface area contributed by atoms with Crippen LogP contribution in [-0.4, -0.2) is 78.4 Å². The highest BCUT2D eigenvalue weighted by molar-refractivity contribution is 6.07. The molecule has 8 atom stereocenters. The molecule has 1 aliphatic carbocycles. The van der Waals surface area contributed by atoms with Crippen LogP contribution in [0.15, 0.2) is 24.3 Å². The van der Waals surface area contributed by atoms with Crippen molar-refractivity contribution in [2.75, 3.05) is 31.6 Å². The van der Waals surface area contributed by atoms with E-state index in [9.17, 15) is 14.7 Å². The maximum atomic E-state index is 13.9. The number of Topliss-reactive ketones (excluding diaryl/α,β-unsaturated/α-hetero) is 1. The number of anilines is 1. The molecule has 1 N–H and O–H groups in total. The van der Waals surface area contributed by atoms with Crippen molar-refractivity contribution in [1.82, 2.24) is 4.90 Å². The van der Waals surface area contributed by atoms with Crippen molar-refractivity contribution in [2.24, 2.45) is 11.8 Å². The number of ether oxygens (including phenoxy) is 2. The molecule has 6 aliphatic heterocycles. The molecule has 2 spiro atoms. The van der Waals surface area contributed by atoms with Gasteiger partial charge in [-0.15, -0.1) is 0 Å². The quantitative estimate of drug-likeness (QED) is 0.626. The van der Waals surface area contributed by atoms with Gasteiger partial charge in [-0.1, -0.05) is 18.2 Å². The van der Waals surface area contributed by atoms with Crippen molar-refractivity contribution in [1.29, 1.82) is 0 Å². The fourth-order valence-corrected chi connectivity index (χ4v) is 7.48. The van der Waals surface area contributed by atoms with Gasteiger partial charge in [0.05, 0.1) is 24.2 Å². The lowest BCUT2D eigenvalue weighted by Crippen LogP contribution is -2.71. The molecule has 1 aromatic rings. The Morgan fingerprint density at radius 1 is 1.24 bits per heavy atom. The van der Waals surface area contributed by atoms with E-state index in [1.165, 1.54) is 0 Å². The minimum Gasteiger partial charge on any atom is -0.380 e. The predicted molar refractivity (Wildman–Crippen MR) is 101 cm³/mol. The Morgan fingerprint density at radius 3 is 2.93 bits per heavy atom. The molecule has 7 nitrogen and oxygen atoms in total. The van der Waals surface area contributed by atoms with Crippen LogP contribution in [0.3, 0.4) is 0 Å². The van der Waals surface area contributed by atoms with Gasteiger partial charge in [-0.05, 0) is 31.6 Å². The van der Waals surface area contributed by atoms with Gasteiger partial charge < -0.3 is 24.4 Å². The van der Waals surface area contributed by atoms with E-state index in [1.807, 2.05) is 24.3 Å².